The van der Waals surface area contributed by atoms with Crippen LogP contribution in [0.5, 0.6) is 0 Å². The van der Waals surface area contributed by atoms with Crippen LogP contribution < -0.4 is 10.9 Å². The molecule has 1 aliphatic carbocycles. The highest BCUT2D eigenvalue weighted by molar-refractivity contribution is 6.62. The smallest absolute Gasteiger partial charge is 0.399 e. The van der Waals surface area contributed by atoms with Crippen molar-refractivity contribution in [1.29, 1.82) is 0 Å². The van der Waals surface area contributed by atoms with Gasteiger partial charge < -0.3 is 18.6 Å². The van der Waals surface area contributed by atoms with Gasteiger partial charge in [0.25, 0.3) is 0 Å². The maximum atomic E-state index is 6.41. The van der Waals surface area contributed by atoms with Gasteiger partial charge in [0.1, 0.15) is 0 Å². The Balaban J connectivity index is -0.0000000956. The average molecular weight is 741 g/mol. The summed E-state index contributed by atoms with van der Waals surface area (Å²) >= 11 is 0. The molecule has 0 amide bonds. The Kier molecular flexibility index (Phi) is 11.3. The fourth-order valence-electron chi connectivity index (χ4n) is 5.68. The minimum Gasteiger partial charge on any atom is -0.399 e. The van der Waals surface area contributed by atoms with Crippen LogP contribution in [0, 0.1) is 131 Å². The van der Waals surface area contributed by atoms with Crippen LogP contribution in [0.1, 0.15) is 105 Å². The summed E-state index contributed by atoms with van der Waals surface area (Å²) in [6, 6.07) is 12.7. The molecule has 0 radical (unpaired) electrons. The van der Waals surface area contributed by atoms with Crippen LogP contribution >= 0.6 is 0 Å². The Labute approximate surface area is 355 Å². The number of hydrogen-bond acceptors (Lipinski definition) is 4. The predicted molar refractivity (Wildman–Crippen MR) is 263 cm³/mol. The van der Waals surface area contributed by atoms with Crippen molar-refractivity contribution in [2.45, 2.75) is 90.1 Å². The Morgan fingerprint density at radius 2 is 0.704 bits per heavy atom. The van der Waals surface area contributed by atoms with Gasteiger partial charge in [0.2, 0.25) is 0 Å². The zero-order valence-corrected chi connectivity index (χ0v) is 31.8. The topological polar surface area (TPSA) is 36.9 Å². The molecule has 0 spiro atoms. The Morgan fingerprint density at radius 3 is 1.00 bits per heavy atom. The summed E-state index contributed by atoms with van der Waals surface area (Å²) < 4.78 is 25.6. The predicted octanol–water partition coefficient (Wildman–Crippen LogP) is 9.65. The standard InChI is InChI=1S/C48H34B2O4.22H2/c1-11-12-13-14-15-16-17-18-19-20-21-22-23-24-25-26-27-28-29-30-35-48(10)42-36-38(49-51-44(2,3)45(4,5)52-49)31-33-40(42)41-34-32-39(37-43(41)48)50-53-46(6,7)47(8,9)54-50;;;;;;;;;;;;;;;;;;;;;;/h1,31-34,36-37H,2-10H3;22*1H. The second-order valence-corrected chi connectivity index (χ2v) is 14.6. The summed E-state index contributed by atoms with van der Waals surface area (Å²) in [7, 11) is -1.03. The molecule has 0 aromatic heterocycles. The van der Waals surface area contributed by atoms with Gasteiger partial charge in [0.15, 0.2) is 0 Å². The molecule has 0 atom stereocenters. The molecule has 2 aromatic carbocycles. The van der Waals surface area contributed by atoms with Crippen molar-refractivity contribution in [2.24, 2.45) is 0 Å². The minimum absolute atomic E-state index is 0. The van der Waals surface area contributed by atoms with Gasteiger partial charge in [0.05, 0.1) is 27.8 Å². The van der Waals surface area contributed by atoms with E-state index in [1.165, 1.54) is 0 Å². The molecule has 2 fully saturated rings. The third-order valence-corrected chi connectivity index (χ3v) is 10.0. The van der Waals surface area contributed by atoms with Crippen molar-refractivity contribution in [1.82, 2.24) is 0 Å². The van der Waals surface area contributed by atoms with E-state index >= 15 is 0 Å². The first-order chi connectivity index (χ1) is 25.6. The van der Waals surface area contributed by atoms with Gasteiger partial charge in [-0.25, -0.2) is 0 Å². The summed E-state index contributed by atoms with van der Waals surface area (Å²) in [4.78, 5) is 0. The van der Waals surface area contributed by atoms with Crippen molar-refractivity contribution in [3.05, 3.63) is 47.5 Å². The number of fused-ring (bicyclic) bond motifs is 3. The number of hydrogen-bond donors (Lipinski definition) is 0. The molecule has 0 bridgehead atoms. The Hall–Kier alpha value is -6.43. The molecular formula is C48H78B2O4. The lowest BCUT2D eigenvalue weighted by Gasteiger charge is -2.32. The molecule has 4 nitrogen and oxygen atoms in total. The van der Waals surface area contributed by atoms with E-state index in [-0.39, 0.29) is 31.4 Å². The normalized spacial score (nSPS) is 17.0. The maximum absolute atomic E-state index is 6.41. The quantitative estimate of drug-likeness (QED) is 0.227. The molecule has 5 rings (SSSR count). The van der Waals surface area contributed by atoms with E-state index in [4.69, 9.17) is 25.0 Å². The molecule has 2 aromatic rings. The lowest BCUT2D eigenvalue weighted by atomic mass is 9.72. The molecular weight excluding hydrogens is 662 g/mol. The zero-order valence-electron chi connectivity index (χ0n) is 31.8. The molecule has 2 saturated heterocycles. The average Bonchev–Trinajstić information content (AvgIpc) is 3.60. The van der Waals surface area contributed by atoms with Crippen LogP contribution in [-0.4, -0.2) is 36.6 Å². The van der Waals surface area contributed by atoms with Gasteiger partial charge in [-0.2, -0.15) is 0 Å². The highest BCUT2D eigenvalue weighted by Crippen LogP contribution is 2.48. The van der Waals surface area contributed by atoms with Gasteiger partial charge in [0, 0.05) is 55.1 Å². The third-order valence-electron chi connectivity index (χ3n) is 10.0. The summed E-state index contributed by atoms with van der Waals surface area (Å²) in [6.07, 6.45) is 4.99. The fourth-order valence-corrected chi connectivity index (χ4v) is 5.68. The second kappa shape index (κ2) is 15.7. The van der Waals surface area contributed by atoms with Gasteiger partial charge in [-0.15, -0.1) is 6.42 Å². The van der Waals surface area contributed by atoms with Crippen LogP contribution in [0.2, 0.25) is 0 Å². The highest BCUT2D eigenvalue weighted by Gasteiger charge is 2.53. The lowest BCUT2D eigenvalue weighted by molar-refractivity contribution is 0.00578. The van der Waals surface area contributed by atoms with Gasteiger partial charge >= 0.3 is 14.2 Å². The van der Waals surface area contributed by atoms with Crippen LogP contribution in [0.15, 0.2) is 36.4 Å². The number of terminal acetylenes is 1. The minimum atomic E-state index is -0.717. The summed E-state index contributed by atoms with van der Waals surface area (Å²) in [6.45, 7) is 18.5. The Morgan fingerprint density at radius 1 is 0.426 bits per heavy atom. The third kappa shape index (κ3) is 8.28. The van der Waals surface area contributed by atoms with Gasteiger partial charge in [-0.05, 0) is 190 Å². The van der Waals surface area contributed by atoms with E-state index in [0.29, 0.717) is 0 Å². The van der Waals surface area contributed by atoms with Crippen LogP contribution in [-0.2, 0) is 24.0 Å². The molecule has 2 heterocycles. The summed E-state index contributed by atoms with van der Waals surface area (Å²) in [5.41, 5.74) is 3.52. The zero-order chi connectivity index (χ0) is 39.0. The lowest BCUT2D eigenvalue weighted by Crippen LogP contribution is -2.41. The number of rotatable bonds is 2. The molecule has 6 heteroatoms. The fraction of sp³-hybridized carbons (Fsp3) is 0.292. The molecule has 0 N–H and O–H groups in total. The van der Waals surface area contributed by atoms with Crippen molar-refractivity contribution in [2.75, 3.05) is 0 Å². The summed E-state index contributed by atoms with van der Waals surface area (Å²) in [5.74, 6) is 55.1. The van der Waals surface area contributed by atoms with Crippen molar-refractivity contribution >= 4 is 25.2 Å². The first-order valence-corrected chi connectivity index (χ1v) is 17.1. The molecule has 3 aliphatic rings. The molecule has 2 aliphatic heterocycles. The van der Waals surface area contributed by atoms with Gasteiger partial charge in [-0.1, -0.05) is 42.3 Å². The summed E-state index contributed by atoms with van der Waals surface area (Å²) in [5, 5.41) is 0. The Bertz CT molecular complexity index is 2570. The van der Waals surface area contributed by atoms with E-state index in [9.17, 15) is 0 Å². The van der Waals surface area contributed by atoms with E-state index in [2.05, 4.69) is 223 Å². The molecule has 0 unspecified atom stereocenters. The van der Waals surface area contributed by atoms with Crippen LogP contribution in [0.4, 0.5) is 0 Å². The van der Waals surface area contributed by atoms with Crippen molar-refractivity contribution in [3.8, 4) is 142 Å². The second-order valence-electron chi connectivity index (χ2n) is 14.6. The largest absolute Gasteiger partial charge is 0.494 e. The highest BCUT2D eigenvalue weighted by atomic mass is 16.7. The van der Waals surface area contributed by atoms with E-state index in [1.807, 2.05) is 0 Å². The van der Waals surface area contributed by atoms with Crippen molar-refractivity contribution in [3.63, 3.8) is 0 Å². The number of benzene rings is 2. The first-order valence-electron chi connectivity index (χ1n) is 17.1. The SMILES string of the molecule is C#CC#CC#CC#CC#CC#CC#CC#CC#CC#CC#CC1(C)c2cc(B3OC(C)(C)C(C)(C)O3)ccc2-c2ccc(B3OC(C)(C)C(C)(C)O3)cc21.[HH].[HH].[HH].[HH].[HH].[HH].[HH].[HH].[HH].[HH].[HH].[HH].[HH].[HH].[HH].[HH].[HH].[HH].[HH].[HH].[HH].[HH]. The molecule has 0 saturated carbocycles. The van der Waals surface area contributed by atoms with E-state index < -0.39 is 42.1 Å². The van der Waals surface area contributed by atoms with E-state index in [1.54, 1.807) is 0 Å². The van der Waals surface area contributed by atoms with Gasteiger partial charge in [-0.3, -0.25) is 0 Å². The first kappa shape index (κ1) is 38.8. The van der Waals surface area contributed by atoms with Crippen LogP contribution in [0.3, 0.4) is 0 Å². The van der Waals surface area contributed by atoms with E-state index in [0.717, 1.165) is 33.2 Å². The molecule has 300 valence electrons. The monoisotopic (exact) mass is 741 g/mol. The van der Waals surface area contributed by atoms with Crippen molar-refractivity contribution < 1.29 is 50.0 Å². The van der Waals surface area contributed by atoms with Crippen LogP contribution in [0.25, 0.3) is 11.1 Å². The maximum Gasteiger partial charge on any atom is 0.494 e. The molecule has 54 heavy (non-hydrogen) atoms.